The number of benzene rings is 1. The molecule has 1 aromatic rings. The van der Waals surface area contributed by atoms with E-state index in [2.05, 4.69) is 54.0 Å². The molecular weight excluding hydrogens is 302 g/mol. The summed E-state index contributed by atoms with van der Waals surface area (Å²) < 4.78 is 1.40. The van der Waals surface area contributed by atoms with E-state index in [1.54, 1.807) is 0 Å². The minimum absolute atomic E-state index is 0. The van der Waals surface area contributed by atoms with Crippen molar-refractivity contribution in [2.75, 3.05) is 6.26 Å². The Balaban J connectivity index is 0. The molecule has 13 heavy (non-hydrogen) atoms. The maximum atomic E-state index is 2.41. The molecule has 0 radical (unpaired) electrons. The number of hydrogen-bond acceptors (Lipinski definition) is 1. The summed E-state index contributed by atoms with van der Waals surface area (Å²) in [6, 6.07) is 6.69. The van der Waals surface area contributed by atoms with Gasteiger partial charge in [-0.05, 0) is 59.0 Å². The monoisotopic (exact) mass is 316 g/mol. The molecule has 0 heterocycles. The average molecular weight is 316 g/mol. The van der Waals surface area contributed by atoms with Gasteiger partial charge >= 0.3 is 29.6 Å². The predicted molar refractivity (Wildman–Crippen MR) is 66.0 cm³/mol. The molecule has 3 heteroatoms. The molecule has 1 rings (SSSR count). The first kappa shape index (κ1) is 14.3. The van der Waals surface area contributed by atoms with Crippen LogP contribution in [0.1, 0.15) is 20.3 Å². The van der Waals surface area contributed by atoms with Crippen molar-refractivity contribution < 1.29 is 31.0 Å². The molecule has 0 unspecified atom stereocenters. The normalized spacial score (nSPS) is 9.46. The van der Waals surface area contributed by atoms with Crippen LogP contribution in [0.15, 0.2) is 23.1 Å². The topological polar surface area (TPSA) is 0 Å². The molecule has 0 aliphatic rings. The first-order valence-electron chi connectivity index (χ1n) is 4.10. The fourth-order valence-corrected chi connectivity index (χ4v) is 2.21. The van der Waals surface area contributed by atoms with Crippen molar-refractivity contribution in [2.45, 2.75) is 24.7 Å². The summed E-state index contributed by atoms with van der Waals surface area (Å²) in [5.74, 6) is 0. The third-order valence-electron chi connectivity index (χ3n) is 1.77. The first-order valence-corrected chi connectivity index (χ1v) is 6.40. The quantitative estimate of drug-likeness (QED) is 0.457. The molecule has 0 aliphatic carbocycles. The van der Waals surface area contributed by atoms with Gasteiger partial charge in [0.15, 0.2) is 0 Å². The van der Waals surface area contributed by atoms with Crippen molar-refractivity contribution in [3.63, 3.8) is 0 Å². The molecule has 0 saturated heterocycles. The van der Waals surface area contributed by atoms with Gasteiger partial charge in [0, 0.05) is 8.47 Å². The van der Waals surface area contributed by atoms with E-state index in [0.29, 0.717) is 0 Å². The summed E-state index contributed by atoms with van der Waals surface area (Å²) in [6.07, 6.45) is 4.55. The number of rotatable bonds is 3. The van der Waals surface area contributed by atoms with Crippen molar-refractivity contribution in [2.24, 2.45) is 0 Å². The Morgan fingerprint density at radius 2 is 2.15 bits per heavy atom. The van der Waals surface area contributed by atoms with Crippen LogP contribution in [-0.2, 0) is 6.42 Å². The van der Waals surface area contributed by atoms with Gasteiger partial charge in [-0.1, -0.05) is 13.3 Å². The van der Waals surface area contributed by atoms with Crippen LogP contribution in [0.3, 0.4) is 0 Å². The maximum Gasteiger partial charge on any atom is 1.00 e. The van der Waals surface area contributed by atoms with Crippen LogP contribution in [0.2, 0.25) is 0 Å². The third kappa shape index (κ3) is 4.56. The molecule has 0 N–H and O–H groups in total. The average Bonchev–Trinajstić information content (AvgIpc) is 2.09. The van der Waals surface area contributed by atoms with Gasteiger partial charge in [-0.3, -0.25) is 0 Å². The zero-order valence-electron chi connectivity index (χ0n) is 9.43. The molecule has 68 valence electrons. The van der Waals surface area contributed by atoms with Gasteiger partial charge in [0.25, 0.3) is 0 Å². The maximum absolute atomic E-state index is 2.41. The van der Waals surface area contributed by atoms with E-state index in [1.165, 1.54) is 26.9 Å². The third-order valence-corrected chi connectivity index (χ3v) is 3.55. The second-order valence-corrected chi connectivity index (χ2v) is 4.75. The smallest absolute Gasteiger partial charge is 1.00 e. The Kier molecular flexibility index (Phi) is 8.33. The van der Waals surface area contributed by atoms with E-state index < -0.39 is 0 Å². The molecule has 0 amide bonds. The van der Waals surface area contributed by atoms with Gasteiger partial charge in [-0.2, -0.15) is 0 Å². The Morgan fingerprint density at radius 1 is 1.46 bits per heavy atom. The van der Waals surface area contributed by atoms with Crippen LogP contribution < -0.4 is 29.6 Å². The molecule has 0 saturated carbocycles. The van der Waals surface area contributed by atoms with Crippen LogP contribution in [-0.4, -0.2) is 6.26 Å². The largest absolute Gasteiger partial charge is 1.00 e. The number of aryl methyl sites for hydroxylation is 1. The number of thioether (sulfide) groups is 1. The molecule has 0 bridgehead atoms. The Morgan fingerprint density at radius 3 is 2.69 bits per heavy atom. The fourth-order valence-electron chi connectivity index (χ4n) is 1.14. The summed E-state index contributed by atoms with van der Waals surface area (Å²) in [4.78, 5) is 1.37. The van der Waals surface area contributed by atoms with Crippen molar-refractivity contribution in [1.29, 1.82) is 0 Å². The molecule has 0 aliphatic heterocycles. The SMILES string of the molecule is CCCc1cc(SC)ccc1I.[H-].[Na+]. The van der Waals surface area contributed by atoms with Gasteiger partial charge in [-0.25, -0.2) is 0 Å². The van der Waals surface area contributed by atoms with Crippen molar-refractivity contribution in [3.8, 4) is 0 Å². The second-order valence-electron chi connectivity index (χ2n) is 2.71. The minimum atomic E-state index is 0. The predicted octanol–water partition coefficient (Wildman–Crippen LogP) is 1.08. The van der Waals surface area contributed by atoms with Crippen LogP contribution in [0.25, 0.3) is 0 Å². The number of halogens is 1. The van der Waals surface area contributed by atoms with Crippen molar-refractivity contribution >= 4 is 34.4 Å². The van der Waals surface area contributed by atoms with Gasteiger partial charge in [0.05, 0.1) is 0 Å². The summed E-state index contributed by atoms with van der Waals surface area (Å²) in [7, 11) is 0. The van der Waals surface area contributed by atoms with Crippen molar-refractivity contribution in [3.05, 3.63) is 27.3 Å². The van der Waals surface area contributed by atoms with Crippen molar-refractivity contribution in [1.82, 2.24) is 0 Å². The summed E-state index contributed by atoms with van der Waals surface area (Å²) in [6.45, 7) is 2.22. The molecule has 1 aromatic carbocycles. The second kappa shape index (κ2) is 7.57. The van der Waals surface area contributed by atoms with Gasteiger partial charge in [0.2, 0.25) is 0 Å². The standard InChI is InChI=1S/C10H13IS.Na.H/c1-3-4-8-7-9(12-2)5-6-10(8)11;;/h5-7H,3-4H2,1-2H3;;/q;+1;-1. The number of hydrogen-bond donors (Lipinski definition) is 0. The fraction of sp³-hybridized carbons (Fsp3) is 0.400. The summed E-state index contributed by atoms with van der Waals surface area (Å²) in [5.41, 5.74) is 1.49. The Bertz CT molecular complexity index is 268. The van der Waals surface area contributed by atoms with E-state index in [0.717, 1.165) is 0 Å². The van der Waals surface area contributed by atoms with Crippen LogP contribution in [0, 0.1) is 3.57 Å². The van der Waals surface area contributed by atoms with Gasteiger partial charge in [0.1, 0.15) is 0 Å². The zero-order chi connectivity index (χ0) is 8.97. The molecule has 0 spiro atoms. The molecule has 0 nitrogen and oxygen atoms in total. The molecule has 0 aromatic heterocycles. The van der Waals surface area contributed by atoms with Gasteiger partial charge in [-0.15, -0.1) is 11.8 Å². The van der Waals surface area contributed by atoms with E-state index in [9.17, 15) is 0 Å². The first-order chi connectivity index (χ1) is 5.77. The van der Waals surface area contributed by atoms with E-state index in [-0.39, 0.29) is 31.0 Å². The molecule has 0 atom stereocenters. The van der Waals surface area contributed by atoms with Crippen LogP contribution in [0.4, 0.5) is 0 Å². The minimum Gasteiger partial charge on any atom is -1.00 e. The van der Waals surface area contributed by atoms with Crippen LogP contribution in [0.5, 0.6) is 0 Å². The molecular formula is C10H14INaS. The van der Waals surface area contributed by atoms with Gasteiger partial charge < -0.3 is 1.43 Å². The van der Waals surface area contributed by atoms with E-state index in [4.69, 9.17) is 0 Å². The molecule has 0 fully saturated rings. The van der Waals surface area contributed by atoms with E-state index in [1.807, 2.05) is 11.8 Å². The zero-order valence-corrected chi connectivity index (χ0v) is 13.4. The van der Waals surface area contributed by atoms with E-state index >= 15 is 0 Å². The Labute approximate surface area is 122 Å². The summed E-state index contributed by atoms with van der Waals surface area (Å²) >= 11 is 4.22. The van der Waals surface area contributed by atoms with Crippen LogP contribution >= 0.6 is 34.4 Å². The Hall–Kier alpha value is 1.30. The summed E-state index contributed by atoms with van der Waals surface area (Å²) in [5, 5.41) is 0.